The molecule has 0 atom stereocenters. The van der Waals surface area contributed by atoms with Crippen LogP contribution in [0.3, 0.4) is 0 Å². The van der Waals surface area contributed by atoms with Gasteiger partial charge in [0.15, 0.2) is 5.76 Å². The van der Waals surface area contributed by atoms with Crippen molar-refractivity contribution in [3.63, 3.8) is 0 Å². The molecule has 0 fully saturated rings. The van der Waals surface area contributed by atoms with Gasteiger partial charge < -0.3 is 14.5 Å². The van der Waals surface area contributed by atoms with Crippen LogP contribution >= 0.6 is 0 Å². The van der Waals surface area contributed by atoms with Crippen LogP contribution in [0.1, 0.15) is 11.5 Å². The number of amides is 1. The summed E-state index contributed by atoms with van der Waals surface area (Å²) in [6, 6.07) is 16.4. The second-order valence-corrected chi connectivity index (χ2v) is 5.36. The van der Waals surface area contributed by atoms with Crippen LogP contribution in [0.15, 0.2) is 59.1 Å². The van der Waals surface area contributed by atoms with E-state index in [2.05, 4.69) is 26.4 Å². The van der Waals surface area contributed by atoms with Crippen LogP contribution in [0.2, 0.25) is 0 Å². The van der Waals surface area contributed by atoms with Gasteiger partial charge in [-0.05, 0) is 42.5 Å². The van der Waals surface area contributed by atoms with Gasteiger partial charge in [-0.15, -0.1) is 0 Å². The minimum absolute atomic E-state index is 0.387. The Morgan fingerprint density at radius 3 is 2.73 bits per heavy atom. The highest BCUT2D eigenvalue weighted by atomic mass is 16.5. The van der Waals surface area contributed by atoms with Crippen LogP contribution in [0.4, 0.5) is 16.2 Å². The minimum atomic E-state index is -0.526. The Morgan fingerprint density at radius 2 is 2.00 bits per heavy atom. The van der Waals surface area contributed by atoms with Crippen molar-refractivity contribution in [3.8, 4) is 17.4 Å². The van der Waals surface area contributed by atoms with Gasteiger partial charge in [0.05, 0.1) is 31.5 Å². The summed E-state index contributed by atoms with van der Waals surface area (Å²) in [5, 5.41) is 14.6. The molecule has 2 aromatic carbocycles. The summed E-state index contributed by atoms with van der Waals surface area (Å²) < 4.78 is 10.3. The number of ether oxygens (including phenoxy) is 1. The quantitative estimate of drug-likeness (QED) is 0.723. The Morgan fingerprint density at radius 1 is 1.23 bits per heavy atom. The van der Waals surface area contributed by atoms with Crippen molar-refractivity contribution in [3.05, 3.63) is 66.2 Å². The molecule has 3 rings (SSSR count). The standard InChI is InChI=1S/C19H16N4O3/c1-25-19(24)23-16-4-2-3-15(9-16)21-12-18-22-11-17(26-18)14-7-5-13(10-20)6-8-14/h2-9,11,21H,12H2,1H3,(H,23,24). The fourth-order valence-electron chi connectivity index (χ4n) is 2.29. The maximum absolute atomic E-state index is 11.3. The lowest BCUT2D eigenvalue weighted by Gasteiger charge is -2.07. The van der Waals surface area contributed by atoms with Crippen molar-refractivity contribution >= 4 is 17.5 Å². The number of nitrogens with zero attached hydrogens (tertiary/aromatic N) is 2. The molecule has 130 valence electrons. The molecule has 0 unspecified atom stereocenters. The topological polar surface area (TPSA) is 100 Å². The van der Waals surface area contributed by atoms with E-state index in [1.54, 1.807) is 30.5 Å². The van der Waals surface area contributed by atoms with Gasteiger partial charge in [-0.2, -0.15) is 5.26 Å². The second kappa shape index (κ2) is 7.85. The molecule has 1 amide bonds. The molecule has 1 aromatic heterocycles. The molecule has 3 aromatic rings. The number of hydrogen-bond donors (Lipinski definition) is 2. The van der Waals surface area contributed by atoms with Crippen LogP contribution in [0.5, 0.6) is 0 Å². The number of aromatic nitrogens is 1. The summed E-state index contributed by atoms with van der Waals surface area (Å²) in [4.78, 5) is 15.5. The lowest BCUT2D eigenvalue weighted by Crippen LogP contribution is -2.11. The molecule has 26 heavy (non-hydrogen) atoms. The van der Waals surface area contributed by atoms with E-state index in [4.69, 9.17) is 9.68 Å². The summed E-state index contributed by atoms with van der Waals surface area (Å²) in [5.41, 5.74) is 2.87. The van der Waals surface area contributed by atoms with E-state index >= 15 is 0 Å². The molecular formula is C19H16N4O3. The summed E-state index contributed by atoms with van der Waals surface area (Å²) in [7, 11) is 1.31. The highest BCUT2D eigenvalue weighted by Gasteiger charge is 2.07. The lowest BCUT2D eigenvalue weighted by atomic mass is 10.1. The Balaban J connectivity index is 1.64. The Labute approximate surface area is 150 Å². The number of rotatable bonds is 5. The third-order valence-electron chi connectivity index (χ3n) is 3.59. The van der Waals surface area contributed by atoms with Gasteiger partial charge in [-0.3, -0.25) is 5.32 Å². The van der Waals surface area contributed by atoms with Gasteiger partial charge in [0.25, 0.3) is 0 Å². The number of anilines is 2. The van der Waals surface area contributed by atoms with Crippen LogP contribution in [-0.4, -0.2) is 18.2 Å². The maximum Gasteiger partial charge on any atom is 0.411 e. The number of oxazole rings is 1. The third kappa shape index (κ3) is 4.19. The van der Waals surface area contributed by atoms with E-state index in [9.17, 15) is 4.79 Å². The number of benzene rings is 2. The molecule has 0 aliphatic carbocycles. The largest absolute Gasteiger partial charge is 0.453 e. The number of nitriles is 1. The van der Waals surface area contributed by atoms with E-state index in [0.29, 0.717) is 29.4 Å². The number of methoxy groups -OCH3 is 1. The van der Waals surface area contributed by atoms with Crippen molar-refractivity contribution in [2.45, 2.75) is 6.54 Å². The molecule has 7 heteroatoms. The summed E-state index contributed by atoms with van der Waals surface area (Å²) >= 11 is 0. The SMILES string of the molecule is COC(=O)Nc1cccc(NCc2ncc(-c3ccc(C#N)cc3)o2)c1. The van der Waals surface area contributed by atoms with Crippen LogP contribution < -0.4 is 10.6 Å². The van der Waals surface area contributed by atoms with E-state index < -0.39 is 6.09 Å². The predicted molar refractivity (Wildman–Crippen MR) is 96.5 cm³/mol. The molecule has 0 aliphatic heterocycles. The van der Waals surface area contributed by atoms with Gasteiger partial charge in [0.2, 0.25) is 5.89 Å². The predicted octanol–water partition coefficient (Wildman–Crippen LogP) is 4.00. The highest BCUT2D eigenvalue weighted by Crippen LogP contribution is 2.22. The fourth-order valence-corrected chi connectivity index (χ4v) is 2.29. The first-order valence-electron chi connectivity index (χ1n) is 7.82. The molecule has 1 heterocycles. The van der Waals surface area contributed by atoms with Crippen LogP contribution in [-0.2, 0) is 11.3 Å². The molecule has 0 aliphatic rings. The first-order chi connectivity index (χ1) is 12.7. The number of hydrogen-bond acceptors (Lipinski definition) is 6. The first kappa shape index (κ1) is 17.0. The molecule has 0 radical (unpaired) electrons. The molecular weight excluding hydrogens is 332 g/mol. The van der Waals surface area contributed by atoms with Crippen molar-refractivity contribution < 1.29 is 13.9 Å². The Hall–Kier alpha value is -3.79. The second-order valence-electron chi connectivity index (χ2n) is 5.36. The summed E-state index contributed by atoms with van der Waals surface area (Å²) in [5.74, 6) is 1.16. The van der Waals surface area contributed by atoms with Crippen LogP contribution in [0, 0.1) is 11.3 Å². The Bertz CT molecular complexity index is 942. The molecule has 0 saturated heterocycles. The van der Waals surface area contributed by atoms with Crippen molar-refractivity contribution in [2.24, 2.45) is 0 Å². The normalized spacial score (nSPS) is 10.0. The summed E-state index contributed by atoms with van der Waals surface area (Å²) in [6.45, 7) is 0.387. The van der Waals surface area contributed by atoms with Crippen molar-refractivity contribution in [1.29, 1.82) is 5.26 Å². The van der Waals surface area contributed by atoms with E-state index in [0.717, 1.165) is 11.3 Å². The molecule has 0 bridgehead atoms. The number of carbonyl (C=O) groups is 1. The van der Waals surface area contributed by atoms with Gasteiger partial charge in [-0.25, -0.2) is 9.78 Å². The highest BCUT2D eigenvalue weighted by molar-refractivity contribution is 5.85. The molecule has 0 spiro atoms. The van der Waals surface area contributed by atoms with Crippen LogP contribution in [0.25, 0.3) is 11.3 Å². The third-order valence-corrected chi connectivity index (χ3v) is 3.59. The zero-order chi connectivity index (χ0) is 18.4. The molecule has 7 nitrogen and oxygen atoms in total. The van der Waals surface area contributed by atoms with Crippen molar-refractivity contribution in [1.82, 2.24) is 4.98 Å². The van der Waals surface area contributed by atoms with Gasteiger partial charge in [0.1, 0.15) is 0 Å². The van der Waals surface area contributed by atoms with Gasteiger partial charge in [0, 0.05) is 16.9 Å². The summed E-state index contributed by atoms with van der Waals surface area (Å²) in [6.07, 6.45) is 1.12. The lowest BCUT2D eigenvalue weighted by molar-refractivity contribution is 0.187. The fraction of sp³-hybridized carbons (Fsp3) is 0.105. The van der Waals surface area contributed by atoms with E-state index in [1.165, 1.54) is 7.11 Å². The maximum atomic E-state index is 11.3. The number of carbonyl (C=O) groups excluding carboxylic acids is 1. The van der Waals surface area contributed by atoms with E-state index in [1.807, 2.05) is 24.3 Å². The monoisotopic (exact) mass is 348 g/mol. The zero-order valence-corrected chi connectivity index (χ0v) is 14.0. The van der Waals surface area contributed by atoms with E-state index in [-0.39, 0.29) is 0 Å². The average Bonchev–Trinajstić information content (AvgIpc) is 3.16. The average molecular weight is 348 g/mol. The minimum Gasteiger partial charge on any atom is -0.453 e. The first-order valence-corrected chi connectivity index (χ1v) is 7.82. The molecule has 2 N–H and O–H groups in total. The molecule has 0 saturated carbocycles. The van der Waals surface area contributed by atoms with Gasteiger partial charge >= 0.3 is 6.09 Å². The zero-order valence-electron chi connectivity index (χ0n) is 14.0. The number of nitrogens with one attached hydrogen (secondary N) is 2. The van der Waals surface area contributed by atoms with Gasteiger partial charge in [-0.1, -0.05) is 6.07 Å². The Kier molecular flexibility index (Phi) is 5.15. The van der Waals surface area contributed by atoms with Crippen molar-refractivity contribution in [2.75, 3.05) is 17.7 Å². The smallest absolute Gasteiger partial charge is 0.411 e.